The average Bonchev–Trinajstić information content (AvgIpc) is 3.18. The summed E-state index contributed by atoms with van der Waals surface area (Å²) in [5.74, 6) is 0.623. The molecule has 0 unspecified atom stereocenters. The summed E-state index contributed by atoms with van der Waals surface area (Å²) in [7, 11) is 1.57. The van der Waals surface area contributed by atoms with Crippen molar-refractivity contribution in [2.24, 2.45) is 0 Å². The summed E-state index contributed by atoms with van der Waals surface area (Å²) in [6.45, 7) is 3.95. The zero-order valence-electron chi connectivity index (χ0n) is 16.9. The SMILES string of the molecule is COc1ccc(NC(=O)NC[C@H]2O[C@@H]3C[C@@H](CC(=O)NC(C)C)O[C@@H]3[C@@H]2O)cc1. The fraction of sp³-hybridized carbons (Fsp3) is 0.600. The molecule has 2 aliphatic heterocycles. The zero-order valence-corrected chi connectivity index (χ0v) is 16.9. The quantitative estimate of drug-likeness (QED) is 0.536. The van der Waals surface area contributed by atoms with Gasteiger partial charge in [-0.3, -0.25) is 4.79 Å². The predicted octanol–water partition coefficient (Wildman–Crippen LogP) is 1.02. The van der Waals surface area contributed by atoms with Crippen molar-refractivity contribution in [3.05, 3.63) is 24.3 Å². The first-order valence-corrected chi connectivity index (χ1v) is 9.83. The number of methoxy groups -OCH3 is 1. The highest BCUT2D eigenvalue weighted by molar-refractivity contribution is 5.89. The molecule has 2 saturated heterocycles. The molecule has 2 aliphatic rings. The molecule has 160 valence electrons. The lowest BCUT2D eigenvalue weighted by molar-refractivity contribution is -0.125. The van der Waals surface area contributed by atoms with E-state index >= 15 is 0 Å². The van der Waals surface area contributed by atoms with Gasteiger partial charge in [0.15, 0.2) is 0 Å². The van der Waals surface area contributed by atoms with Gasteiger partial charge in [-0.15, -0.1) is 0 Å². The van der Waals surface area contributed by atoms with Crippen molar-refractivity contribution in [2.75, 3.05) is 19.0 Å². The van der Waals surface area contributed by atoms with Crippen molar-refractivity contribution in [3.8, 4) is 5.75 Å². The van der Waals surface area contributed by atoms with Crippen LogP contribution in [0, 0.1) is 0 Å². The van der Waals surface area contributed by atoms with Crippen molar-refractivity contribution in [1.82, 2.24) is 10.6 Å². The topological polar surface area (TPSA) is 118 Å². The Bertz CT molecular complexity index is 711. The zero-order chi connectivity index (χ0) is 21.0. The van der Waals surface area contributed by atoms with Gasteiger partial charge in [-0.25, -0.2) is 4.79 Å². The Hall–Kier alpha value is -2.36. The molecule has 0 aliphatic carbocycles. The van der Waals surface area contributed by atoms with Gasteiger partial charge in [-0.2, -0.15) is 0 Å². The minimum Gasteiger partial charge on any atom is -0.497 e. The molecule has 2 fully saturated rings. The smallest absolute Gasteiger partial charge is 0.319 e. The van der Waals surface area contributed by atoms with E-state index in [2.05, 4.69) is 16.0 Å². The van der Waals surface area contributed by atoms with Crippen LogP contribution in [0.15, 0.2) is 24.3 Å². The number of rotatable bonds is 7. The largest absolute Gasteiger partial charge is 0.497 e. The normalized spacial score (nSPS) is 28.1. The van der Waals surface area contributed by atoms with Crippen molar-refractivity contribution >= 4 is 17.6 Å². The Balaban J connectivity index is 1.41. The lowest BCUT2D eigenvalue weighted by Crippen LogP contribution is -2.42. The second kappa shape index (κ2) is 9.43. The molecule has 0 aromatic heterocycles. The number of ether oxygens (including phenoxy) is 3. The van der Waals surface area contributed by atoms with Crippen molar-refractivity contribution in [2.45, 2.75) is 63.3 Å². The van der Waals surface area contributed by atoms with Crippen molar-refractivity contribution in [3.63, 3.8) is 0 Å². The third-order valence-electron chi connectivity index (χ3n) is 4.95. The second-order valence-corrected chi connectivity index (χ2v) is 7.65. The maximum atomic E-state index is 12.1. The van der Waals surface area contributed by atoms with E-state index in [1.54, 1.807) is 31.4 Å². The Morgan fingerprint density at radius 1 is 1.24 bits per heavy atom. The number of amides is 3. The first-order valence-electron chi connectivity index (χ1n) is 9.83. The molecule has 1 aromatic rings. The summed E-state index contributed by atoms with van der Waals surface area (Å²) in [6, 6.07) is 6.63. The summed E-state index contributed by atoms with van der Waals surface area (Å²) >= 11 is 0. The highest BCUT2D eigenvalue weighted by Gasteiger charge is 2.50. The van der Waals surface area contributed by atoms with Crippen LogP contribution in [0.25, 0.3) is 0 Å². The molecule has 0 bridgehead atoms. The molecule has 0 saturated carbocycles. The molecule has 29 heavy (non-hydrogen) atoms. The lowest BCUT2D eigenvalue weighted by atomic mass is 10.1. The van der Waals surface area contributed by atoms with E-state index < -0.39 is 24.3 Å². The van der Waals surface area contributed by atoms with Crippen LogP contribution in [0.1, 0.15) is 26.7 Å². The number of urea groups is 1. The number of nitrogens with one attached hydrogen (secondary N) is 3. The molecule has 4 N–H and O–H groups in total. The molecule has 1 aromatic carbocycles. The third kappa shape index (κ3) is 5.59. The van der Waals surface area contributed by atoms with Crippen LogP contribution in [-0.2, 0) is 14.3 Å². The van der Waals surface area contributed by atoms with Gasteiger partial charge in [0.1, 0.15) is 24.1 Å². The van der Waals surface area contributed by atoms with Crippen molar-refractivity contribution < 1.29 is 28.9 Å². The van der Waals surface area contributed by atoms with E-state index in [9.17, 15) is 14.7 Å². The van der Waals surface area contributed by atoms with Crippen LogP contribution in [0.4, 0.5) is 10.5 Å². The van der Waals surface area contributed by atoms with E-state index in [-0.39, 0.29) is 37.1 Å². The van der Waals surface area contributed by atoms with E-state index in [4.69, 9.17) is 14.2 Å². The van der Waals surface area contributed by atoms with Crippen LogP contribution in [0.5, 0.6) is 5.75 Å². The Labute approximate surface area is 170 Å². The summed E-state index contributed by atoms with van der Waals surface area (Å²) in [5, 5.41) is 18.7. The van der Waals surface area contributed by atoms with Crippen LogP contribution in [0.2, 0.25) is 0 Å². The number of benzene rings is 1. The van der Waals surface area contributed by atoms with Crippen LogP contribution < -0.4 is 20.7 Å². The molecule has 3 rings (SSSR count). The number of aliphatic hydroxyl groups is 1. The number of anilines is 1. The first-order chi connectivity index (χ1) is 13.9. The molecular formula is C20H29N3O6. The number of carbonyl (C=O) groups excluding carboxylic acids is 2. The number of carbonyl (C=O) groups is 2. The lowest BCUT2D eigenvalue weighted by Gasteiger charge is -2.20. The highest BCUT2D eigenvalue weighted by Crippen LogP contribution is 2.35. The van der Waals surface area contributed by atoms with Gasteiger partial charge < -0.3 is 35.3 Å². The van der Waals surface area contributed by atoms with Crippen LogP contribution in [-0.4, -0.2) is 67.3 Å². The molecule has 0 radical (unpaired) electrons. The number of hydrogen-bond donors (Lipinski definition) is 4. The fourth-order valence-electron chi connectivity index (χ4n) is 3.64. The van der Waals surface area contributed by atoms with Gasteiger partial charge in [-0.1, -0.05) is 0 Å². The predicted molar refractivity (Wildman–Crippen MR) is 106 cm³/mol. The number of aliphatic hydroxyl groups excluding tert-OH is 1. The number of fused-ring (bicyclic) bond motifs is 1. The minimum absolute atomic E-state index is 0.0739. The summed E-state index contributed by atoms with van der Waals surface area (Å²) in [4.78, 5) is 24.0. The maximum Gasteiger partial charge on any atom is 0.319 e. The van der Waals surface area contributed by atoms with Gasteiger partial charge in [0.25, 0.3) is 0 Å². The van der Waals surface area contributed by atoms with Gasteiger partial charge in [0.05, 0.1) is 25.7 Å². The van der Waals surface area contributed by atoms with Crippen LogP contribution in [0.3, 0.4) is 0 Å². The molecule has 3 amide bonds. The van der Waals surface area contributed by atoms with Gasteiger partial charge in [-0.05, 0) is 38.1 Å². The van der Waals surface area contributed by atoms with E-state index in [0.717, 1.165) is 0 Å². The second-order valence-electron chi connectivity index (χ2n) is 7.65. The average molecular weight is 407 g/mol. The van der Waals surface area contributed by atoms with Crippen molar-refractivity contribution in [1.29, 1.82) is 0 Å². The summed E-state index contributed by atoms with van der Waals surface area (Å²) in [5.41, 5.74) is 0.624. The Morgan fingerprint density at radius 2 is 1.97 bits per heavy atom. The molecule has 5 atom stereocenters. The van der Waals surface area contributed by atoms with E-state index in [0.29, 0.717) is 17.9 Å². The first kappa shape index (κ1) is 21.4. The Morgan fingerprint density at radius 3 is 2.59 bits per heavy atom. The van der Waals surface area contributed by atoms with Gasteiger partial charge in [0, 0.05) is 24.7 Å². The van der Waals surface area contributed by atoms with E-state index in [1.165, 1.54) is 0 Å². The van der Waals surface area contributed by atoms with Gasteiger partial charge in [0.2, 0.25) is 5.91 Å². The molecule has 9 nitrogen and oxygen atoms in total. The highest BCUT2D eigenvalue weighted by atomic mass is 16.6. The summed E-state index contributed by atoms with van der Waals surface area (Å²) in [6.07, 6.45) is -1.67. The number of hydrogen-bond acceptors (Lipinski definition) is 6. The maximum absolute atomic E-state index is 12.1. The van der Waals surface area contributed by atoms with Gasteiger partial charge >= 0.3 is 6.03 Å². The fourth-order valence-corrected chi connectivity index (χ4v) is 3.64. The third-order valence-corrected chi connectivity index (χ3v) is 4.95. The minimum atomic E-state index is -0.862. The molecule has 9 heteroatoms. The molecule has 2 heterocycles. The standard InChI is InChI=1S/C20H29N3O6/c1-11(2)22-17(24)9-14-8-15-19(28-14)18(25)16(29-15)10-21-20(26)23-12-4-6-13(27-3)7-5-12/h4-7,11,14-16,18-19,25H,8-10H2,1-3H3,(H,22,24)(H2,21,23,26)/t14-,15+,16+,18+,19-/m0/s1. The molecular weight excluding hydrogens is 378 g/mol. The summed E-state index contributed by atoms with van der Waals surface area (Å²) < 4.78 is 16.8. The van der Waals surface area contributed by atoms with E-state index in [1.807, 2.05) is 13.8 Å². The Kier molecular flexibility index (Phi) is 6.94. The van der Waals surface area contributed by atoms with Crippen LogP contribution >= 0.6 is 0 Å². The monoisotopic (exact) mass is 407 g/mol. The molecule has 0 spiro atoms.